The highest BCUT2D eigenvalue weighted by atomic mass is 31.2. The van der Waals surface area contributed by atoms with Gasteiger partial charge in [-0.2, -0.15) is 0 Å². The van der Waals surface area contributed by atoms with Crippen molar-refractivity contribution in [3.8, 4) is 0 Å². The molecular weight excluding hydrogens is 1010 g/mol. The van der Waals surface area contributed by atoms with Crippen LogP contribution in [-0.2, 0) is 32.7 Å². The van der Waals surface area contributed by atoms with Crippen molar-refractivity contribution in [2.24, 2.45) is 0 Å². The van der Waals surface area contributed by atoms with Crippen molar-refractivity contribution in [2.45, 2.75) is 328 Å². The Hall–Kier alpha value is -2.29. The predicted octanol–water partition coefficient (Wildman–Crippen LogP) is 21.8. The SMILES string of the molecule is CC/C=C\C/C=C\C/C=C\C/C=C\C/C=C\CCCCCCCCCCCCCCCCCC(=O)OC(COC(=O)CCCCCCCCCCCCCCCCCCCCCCCCCCC)COP(=O)(O)OCC[N+](C)(C)C. The fourth-order valence-corrected chi connectivity index (χ4v) is 10.6. The van der Waals surface area contributed by atoms with E-state index in [1.165, 1.54) is 225 Å². The molecule has 2 atom stereocenters. The van der Waals surface area contributed by atoms with E-state index in [1.54, 1.807) is 0 Å². The quantitative estimate of drug-likeness (QED) is 0.0211. The maximum Gasteiger partial charge on any atom is 0.472 e. The van der Waals surface area contributed by atoms with Gasteiger partial charge in [0.1, 0.15) is 19.8 Å². The molecule has 0 aromatic rings. The van der Waals surface area contributed by atoms with E-state index < -0.39 is 26.5 Å². The van der Waals surface area contributed by atoms with E-state index in [4.69, 9.17) is 18.5 Å². The molecule has 0 radical (unpaired) electrons. The van der Waals surface area contributed by atoms with Gasteiger partial charge >= 0.3 is 19.8 Å². The van der Waals surface area contributed by atoms with Gasteiger partial charge in [0.15, 0.2) is 6.10 Å². The second kappa shape index (κ2) is 61.3. The van der Waals surface area contributed by atoms with E-state index in [0.29, 0.717) is 23.9 Å². The molecule has 0 amide bonds. The minimum absolute atomic E-state index is 0.0327. The summed E-state index contributed by atoms with van der Waals surface area (Å²) in [5, 5.41) is 0. The molecule has 0 saturated heterocycles. The van der Waals surface area contributed by atoms with Crippen LogP contribution in [0.1, 0.15) is 322 Å². The summed E-state index contributed by atoms with van der Waals surface area (Å²) < 4.78 is 34.7. The molecule has 0 saturated carbocycles. The van der Waals surface area contributed by atoms with Crippen LogP contribution in [0.25, 0.3) is 0 Å². The van der Waals surface area contributed by atoms with Gasteiger partial charge in [-0.05, 0) is 57.8 Å². The van der Waals surface area contributed by atoms with E-state index in [-0.39, 0.29) is 25.6 Å². The molecule has 2 unspecified atom stereocenters. The molecule has 1 N–H and O–H groups in total. The van der Waals surface area contributed by atoms with Crippen LogP contribution < -0.4 is 0 Å². The van der Waals surface area contributed by atoms with Gasteiger partial charge in [-0.15, -0.1) is 0 Å². The van der Waals surface area contributed by atoms with E-state index >= 15 is 0 Å². The Balaban J connectivity index is 4.03. The summed E-state index contributed by atoms with van der Waals surface area (Å²) in [4.78, 5) is 35.8. The molecule has 0 aliphatic rings. The molecule has 0 aliphatic carbocycles. The molecular formula is C70H131NO8P+. The number of rotatable bonds is 63. The summed E-state index contributed by atoms with van der Waals surface area (Å²) in [7, 11) is 1.49. The Labute approximate surface area is 496 Å². The number of quaternary nitrogens is 1. The molecule has 0 rings (SSSR count). The molecule has 468 valence electrons. The fraction of sp³-hybridized carbons (Fsp3) is 0.829. The minimum Gasteiger partial charge on any atom is -0.462 e. The van der Waals surface area contributed by atoms with E-state index in [1.807, 2.05) is 21.1 Å². The average molecular weight is 1150 g/mol. The summed E-state index contributed by atoms with van der Waals surface area (Å²) >= 11 is 0. The van der Waals surface area contributed by atoms with Crippen LogP contribution in [0, 0.1) is 0 Å². The zero-order valence-electron chi connectivity index (χ0n) is 53.3. The second-order valence-electron chi connectivity index (χ2n) is 24.2. The Morgan fingerprint density at radius 3 is 1.06 bits per heavy atom. The lowest BCUT2D eigenvalue weighted by Crippen LogP contribution is -2.37. The zero-order chi connectivity index (χ0) is 58.4. The zero-order valence-corrected chi connectivity index (χ0v) is 54.2. The number of phosphoric acid groups is 1. The van der Waals surface area contributed by atoms with Gasteiger partial charge in [-0.1, -0.05) is 312 Å². The number of hydrogen-bond acceptors (Lipinski definition) is 7. The number of nitrogens with zero attached hydrogens (tertiary/aromatic N) is 1. The van der Waals surface area contributed by atoms with E-state index in [0.717, 1.165) is 64.2 Å². The molecule has 0 aliphatic heterocycles. The molecule has 0 heterocycles. The lowest BCUT2D eigenvalue weighted by atomic mass is 10.0. The van der Waals surface area contributed by atoms with Crippen molar-refractivity contribution < 1.29 is 42.1 Å². The lowest BCUT2D eigenvalue weighted by molar-refractivity contribution is -0.870. The van der Waals surface area contributed by atoms with Gasteiger partial charge in [-0.3, -0.25) is 18.6 Å². The third kappa shape index (κ3) is 64.9. The van der Waals surface area contributed by atoms with Crippen LogP contribution in [0.2, 0.25) is 0 Å². The topological polar surface area (TPSA) is 108 Å². The Morgan fingerprint density at radius 2 is 0.713 bits per heavy atom. The van der Waals surface area contributed by atoms with Crippen molar-refractivity contribution in [1.29, 1.82) is 0 Å². The highest BCUT2D eigenvalue weighted by Gasteiger charge is 2.27. The molecule has 0 spiro atoms. The van der Waals surface area contributed by atoms with Crippen LogP contribution in [-0.4, -0.2) is 74.9 Å². The van der Waals surface area contributed by atoms with Gasteiger partial charge < -0.3 is 18.9 Å². The fourth-order valence-electron chi connectivity index (χ4n) is 9.87. The maximum atomic E-state index is 12.9. The van der Waals surface area contributed by atoms with Crippen molar-refractivity contribution in [3.63, 3.8) is 0 Å². The number of esters is 2. The second-order valence-corrected chi connectivity index (χ2v) is 25.6. The first kappa shape index (κ1) is 77.7. The summed E-state index contributed by atoms with van der Waals surface area (Å²) in [6.45, 7) is 4.38. The number of hydrogen-bond donors (Lipinski definition) is 1. The third-order valence-electron chi connectivity index (χ3n) is 15.1. The van der Waals surface area contributed by atoms with Crippen LogP contribution in [0.4, 0.5) is 0 Å². The number of phosphoric ester groups is 1. The Bertz CT molecular complexity index is 1530. The Kier molecular flexibility index (Phi) is 59.5. The molecule has 0 fully saturated rings. The lowest BCUT2D eigenvalue weighted by Gasteiger charge is -2.24. The predicted molar refractivity (Wildman–Crippen MR) is 344 cm³/mol. The largest absolute Gasteiger partial charge is 0.472 e. The van der Waals surface area contributed by atoms with Gasteiger partial charge in [0.2, 0.25) is 0 Å². The molecule has 0 bridgehead atoms. The Morgan fingerprint density at radius 1 is 0.400 bits per heavy atom. The molecule has 9 nitrogen and oxygen atoms in total. The smallest absolute Gasteiger partial charge is 0.462 e. The number of carbonyl (C=O) groups is 2. The number of ether oxygens (including phenoxy) is 2. The van der Waals surface area contributed by atoms with E-state index in [9.17, 15) is 19.0 Å². The first-order valence-electron chi connectivity index (χ1n) is 34.0. The molecule has 0 aromatic heterocycles. The summed E-state index contributed by atoms with van der Waals surface area (Å²) in [6.07, 6.45) is 80.3. The summed E-state index contributed by atoms with van der Waals surface area (Å²) in [6, 6.07) is 0. The van der Waals surface area contributed by atoms with Gasteiger partial charge in [0, 0.05) is 12.8 Å². The third-order valence-corrected chi connectivity index (χ3v) is 16.0. The van der Waals surface area contributed by atoms with Crippen LogP contribution in [0.15, 0.2) is 60.8 Å². The first-order chi connectivity index (χ1) is 39.0. The van der Waals surface area contributed by atoms with Gasteiger partial charge in [0.25, 0.3) is 0 Å². The van der Waals surface area contributed by atoms with Crippen molar-refractivity contribution in [3.05, 3.63) is 60.8 Å². The van der Waals surface area contributed by atoms with E-state index in [2.05, 4.69) is 74.6 Å². The number of unbranched alkanes of at least 4 members (excludes halogenated alkanes) is 39. The monoisotopic (exact) mass is 1140 g/mol. The number of carbonyl (C=O) groups excluding carboxylic acids is 2. The average Bonchev–Trinajstić information content (AvgIpc) is 3.42. The summed E-state index contributed by atoms with van der Waals surface area (Å²) in [5.74, 6) is -0.781. The van der Waals surface area contributed by atoms with Gasteiger partial charge in [-0.25, -0.2) is 4.57 Å². The number of likely N-dealkylation sites (N-methyl/N-ethyl adjacent to an activating group) is 1. The summed E-state index contributed by atoms with van der Waals surface area (Å²) in [5.41, 5.74) is 0. The van der Waals surface area contributed by atoms with Crippen LogP contribution in [0.3, 0.4) is 0 Å². The van der Waals surface area contributed by atoms with Gasteiger partial charge in [0.05, 0.1) is 27.7 Å². The normalized spacial score (nSPS) is 13.5. The number of allylic oxidation sites excluding steroid dienone is 10. The first-order valence-corrected chi connectivity index (χ1v) is 35.5. The standard InChI is InChI=1S/C70H130NO8P/c1-6-8-10-12-14-16-18-20-22-24-26-28-30-32-33-34-35-36-37-39-41-43-45-47-49-51-53-55-57-59-61-63-70(73)79-68(67-78-80(74,75)77-65-64-71(3,4)5)66-76-69(72)62-60-58-56-54-52-50-48-46-44-42-40-38-31-29-27-25-23-21-19-17-15-13-11-9-7-2/h8,10,14,16,20,22,26,28,32-33,68H,6-7,9,11-13,15,17-19,21,23-25,27,29-31,34-67H2,1-5H3/p+1/b10-8-,16-14-,22-20-,28-26-,33-32-. The molecule has 0 aromatic carbocycles. The van der Waals surface area contributed by atoms with Crippen LogP contribution in [0.5, 0.6) is 0 Å². The van der Waals surface area contributed by atoms with Crippen molar-refractivity contribution >= 4 is 19.8 Å². The molecule has 10 heteroatoms. The highest BCUT2D eigenvalue weighted by Crippen LogP contribution is 2.43. The van der Waals surface area contributed by atoms with Crippen LogP contribution >= 0.6 is 7.82 Å². The van der Waals surface area contributed by atoms with Crippen molar-refractivity contribution in [2.75, 3.05) is 47.5 Å². The molecule has 80 heavy (non-hydrogen) atoms. The highest BCUT2D eigenvalue weighted by molar-refractivity contribution is 7.47. The van der Waals surface area contributed by atoms with Crippen molar-refractivity contribution in [1.82, 2.24) is 0 Å². The maximum absolute atomic E-state index is 12.9. The minimum atomic E-state index is -4.39.